The van der Waals surface area contributed by atoms with E-state index < -0.39 is 0 Å². The molecule has 5 heteroatoms. The number of benzene rings is 1. The first-order valence-electron chi connectivity index (χ1n) is 6.11. The first kappa shape index (κ1) is 13.7. The van der Waals surface area contributed by atoms with Crippen LogP contribution < -0.4 is 10.4 Å². The summed E-state index contributed by atoms with van der Waals surface area (Å²) in [7, 11) is 1.74. The first-order chi connectivity index (χ1) is 8.90. The van der Waals surface area contributed by atoms with Crippen LogP contribution in [0.2, 0.25) is 5.02 Å². The van der Waals surface area contributed by atoms with Gasteiger partial charge < -0.3 is 4.74 Å². The molecule has 0 aliphatic rings. The molecule has 0 saturated carbocycles. The van der Waals surface area contributed by atoms with Gasteiger partial charge in [-0.3, -0.25) is 9.13 Å². The summed E-state index contributed by atoms with van der Waals surface area (Å²) in [6.07, 6.45) is 1.85. The fourth-order valence-corrected chi connectivity index (χ4v) is 2.03. The molecule has 0 aliphatic heterocycles. The van der Waals surface area contributed by atoms with Crippen molar-refractivity contribution in [2.45, 2.75) is 26.9 Å². The maximum atomic E-state index is 12.0. The van der Waals surface area contributed by atoms with Crippen LogP contribution in [0.25, 0.3) is 5.69 Å². The Hall–Kier alpha value is -1.68. The molecular weight excluding hydrogens is 264 g/mol. The minimum Gasteiger partial charge on any atom is -0.489 e. The van der Waals surface area contributed by atoms with Crippen LogP contribution >= 0.6 is 11.6 Å². The van der Waals surface area contributed by atoms with Gasteiger partial charge in [-0.2, -0.15) is 0 Å². The van der Waals surface area contributed by atoms with Gasteiger partial charge in [-0.1, -0.05) is 11.6 Å². The second-order valence-electron chi connectivity index (χ2n) is 4.76. The van der Waals surface area contributed by atoms with Crippen molar-refractivity contribution in [1.29, 1.82) is 0 Å². The van der Waals surface area contributed by atoms with E-state index in [1.54, 1.807) is 34.5 Å². The van der Waals surface area contributed by atoms with Gasteiger partial charge in [0.15, 0.2) is 0 Å². The second kappa shape index (κ2) is 5.13. The van der Waals surface area contributed by atoms with Crippen LogP contribution in [-0.2, 0) is 7.05 Å². The number of halogens is 1. The van der Waals surface area contributed by atoms with Crippen molar-refractivity contribution in [2.75, 3.05) is 0 Å². The Labute approximate surface area is 117 Å². The lowest BCUT2D eigenvalue weighted by Gasteiger charge is -2.12. The Morgan fingerprint density at radius 2 is 2.00 bits per heavy atom. The Morgan fingerprint density at radius 3 is 2.47 bits per heavy atom. The van der Waals surface area contributed by atoms with Crippen LogP contribution in [0, 0.1) is 6.92 Å². The smallest absolute Gasteiger partial charge is 0.332 e. The summed E-state index contributed by atoms with van der Waals surface area (Å²) in [4.78, 5) is 12.0. The molecule has 0 saturated heterocycles. The highest BCUT2D eigenvalue weighted by Crippen LogP contribution is 2.27. The monoisotopic (exact) mass is 280 g/mol. The van der Waals surface area contributed by atoms with Crippen molar-refractivity contribution in [3.8, 4) is 11.4 Å². The molecule has 102 valence electrons. The number of imidazole rings is 1. The van der Waals surface area contributed by atoms with Crippen LogP contribution in [0.4, 0.5) is 0 Å². The summed E-state index contributed by atoms with van der Waals surface area (Å²) in [5.41, 5.74) is 1.53. The van der Waals surface area contributed by atoms with Gasteiger partial charge in [0, 0.05) is 18.9 Å². The predicted molar refractivity (Wildman–Crippen MR) is 76.5 cm³/mol. The molecule has 2 aromatic rings. The molecule has 19 heavy (non-hydrogen) atoms. The molecule has 1 aromatic heterocycles. The van der Waals surface area contributed by atoms with E-state index in [4.69, 9.17) is 16.3 Å². The Balaban J connectivity index is 2.44. The summed E-state index contributed by atoms with van der Waals surface area (Å²) in [6, 6.07) is 5.34. The zero-order valence-corrected chi connectivity index (χ0v) is 12.2. The predicted octanol–water partition coefficient (Wildman–Crippen LogP) is 2.93. The lowest BCUT2D eigenvalue weighted by molar-refractivity contribution is 0.242. The van der Waals surface area contributed by atoms with Crippen LogP contribution in [0.5, 0.6) is 5.75 Å². The van der Waals surface area contributed by atoms with Gasteiger partial charge in [-0.25, -0.2) is 4.79 Å². The number of hydrogen-bond donors (Lipinski definition) is 0. The van der Waals surface area contributed by atoms with Crippen LogP contribution in [0.15, 0.2) is 29.2 Å². The zero-order valence-electron chi connectivity index (χ0n) is 11.5. The molecule has 0 fully saturated rings. The van der Waals surface area contributed by atoms with Gasteiger partial charge in [0.1, 0.15) is 5.75 Å². The maximum absolute atomic E-state index is 12.0. The molecule has 0 spiro atoms. The van der Waals surface area contributed by atoms with Gasteiger partial charge >= 0.3 is 5.69 Å². The topological polar surface area (TPSA) is 36.2 Å². The van der Waals surface area contributed by atoms with Crippen molar-refractivity contribution in [1.82, 2.24) is 9.13 Å². The fraction of sp³-hybridized carbons (Fsp3) is 0.357. The van der Waals surface area contributed by atoms with Gasteiger partial charge in [0.2, 0.25) is 0 Å². The molecule has 0 amide bonds. The van der Waals surface area contributed by atoms with E-state index in [0.29, 0.717) is 10.8 Å². The normalized spacial score (nSPS) is 11.1. The molecule has 0 bridgehead atoms. The molecule has 4 nitrogen and oxygen atoms in total. The van der Waals surface area contributed by atoms with E-state index in [2.05, 4.69) is 0 Å². The van der Waals surface area contributed by atoms with Gasteiger partial charge in [-0.05, 0) is 39.0 Å². The molecule has 0 N–H and O–H groups in total. The van der Waals surface area contributed by atoms with Crippen molar-refractivity contribution < 1.29 is 4.74 Å². The number of rotatable bonds is 3. The lowest BCUT2D eigenvalue weighted by atomic mass is 10.3. The number of aryl methyl sites for hydroxylation is 1. The van der Waals surface area contributed by atoms with E-state index in [-0.39, 0.29) is 11.8 Å². The molecule has 0 aliphatic carbocycles. The minimum atomic E-state index is -0.0916. The Morgan fingerprint density at radius 1 is 1.32 bits per heavy atom. The van der Waals surface area contributed by atoms with Gasteiger partial charge in [0.25, 0.3) is 0 Å². The van der Waals surface area contributed by atoms with E-state index in [0.717, 1.165) is 11.4 Å². The number of nitrogens with zero attached hydrogens (tertiary/aromatic N) is 2. The molecule has 0 atom stereocenters. The van der Waals surface area contributed by atoms with Gasteiger partial charge in [0.05, 0.1) is 16.8 Å². The van der Waals surface area contributed by atoms with Crippen LogP contribution in [-0.4, -0.2) is 15.2 Å². The van der Waals surface area contributed by atoms with Crippen LogP contribution in [0.1, 0.15) is 19.5 Å². The first-order valence-corrected chi connectivity index (χ1v) is 6.49. The Kier molecular flexibility index (Phi) is 3.71. The molecule has 2 rings (SSSR count). The van der Waals surface area contributed by atoms with Crippen molar-refractivity contribution in [3.05, 3.63) is 45.6 Å². The summed E-state index contributed by atoms with van der Waals surface area (Å²) in [6.45, 7) is 5.76. The third kappa shape index (κ3) is 2.68. The van der Waals surface area contributed by atoms with Crippen molar-refractivity contribution >= 4 is 11.6 Å². The van der Waals surface area contributed by atoms with E-state index in [9.17, 15) is 4.79 Å². The summed E-state index contributed by atoms with van der Waals surface area (Å²) in [5.74, 6) is 0.626. The average Bonchev–Trinajstić information content (AvgIpc) is 2.59. The molecule has 1 heterocycles. The van der Waals surface area contributed by atoms with Gasteiger partial charge in [-0.15, -0.1) is 0 Å². The molecular formula is C14H17ClN2O2. The largest absolute Gasteiger partial charge is 0.489 e. The molecule has 0 radical (unpaired) electrons. The highest BCUT2D eigenvalue weighted by Gasteiger charge is 2.10. The quantitative estimate of drug-likeness (QED) is 0.867. The third-order valence-corrected chi connectivity index (χ3v) is 3.19. The SMILES string of the molecule is Cc1cn(-c2ccc(OC(C)C)c(Cl)c2)c(=O)n1C. The third-order valence-electron chi connectivity index (χ3n) is 2.89. The molecule has 0 unspecified atom stereocenters. The molecule has 1 aromatic carbocycles. The maximum Gasteiger partial charge on any atom is 0.332 e. The zero-order chi connectivity index (χ0) is 14.2. The Bertz CT molecular complexity index is 656. The summed E-state index contributed by atoms with van der Waals surface area (Å²) >= 11 is 6.18. The highest BCUT2D eigenvalue weighted by atomic mass is 35.5. The van der Waals surface area contributed by atoms with E-state index >= 15 is 0 Å². The number of ether oxygens (including phenoxy) is 1. The van der Waals surface area contributed by atoms with E-state index in [1.165, 1.54) is 0 Å². The van der Waals surface area contributed by atoms with Crippen LogP contribution in [0.3, 0.4) is 0 Å². The summed E-state index contributed by atoms with van der Waals surface area (Å²) < 4.78 is 8.73. The summed E-state index contributed by atoms with van der Waals surface area (Å²) in [5, 5.41) is 0.500. The minimum absolute atomic E-state index is 0.0602. The lowest BCUT2D eigenvalue weighted by Crippen LogP contribution is -2.21. The highest BCUT2D eigenvalue weighted by molar-refractivity contribution is 6.32. The second-order valence-corrected chi connectivity index (χ2v) is 5.17. The average molecular weight is 281 g/mol. The fourth-order valence-electron chi connectivity index (χ4n) is 1.82. The van der Waals surface area contributed by atoms with Crippen molar-refractivity contribution in [2.24, 2.45) is 7.05 Å². The number of aromatic nitrogens is 2. The van der Waals surface area contributed by atoms with Crippen molar-refractivity contribution in [3.63, 3.8) is 0 Å². The number of hydrogen-bond acceptors (Lipinski definition) is 2. The standard InChI is InChI=1S/C14H17ClN2O2/c1-9(2)19-13-6-5-11(7-12(13)15)17-8-10(3)16(4)14(17)18/h5-9H,1-4H3. The van der Waals surface area contributed by atoms with E-state index in [1.807, 2.05) is 26.8 Å².